The Balaban J connectivity index is 1.49. The van der Waals surface area contributed by atoms with E-state index < -0.39 is 0 Å². The Hall–Kier alpha value is -0.160. The van der Waals surface area contributed by atoms with E-state index in [9.17, 15) is 5.11 Å². The van der Waals surface area contributed by atoms with E-state index in [1.165, 1.54) is 0 Å². The molecule has 18 heavy (non-hydrogen) atoms. The molecule has 0 radical (unpaired) electrons. The van der Waals surface area contributed by atoms with Gasteiger partial charge in [-0.2, -0.15) is 0 Å². The van der Waals surface area contributed by atoms with Crippen LogP contribution in [0, 0.1) is 5.41 Å². The monoisotopic (exact) mass is 255 g/mol. The van der Waals surface area contributed by atoms with Crippen molar-refractivity contribution in [3.05, 3.63) is 0 Å². The number of hydrogen-bond donors (Lipinski definition) is 2. The molecule has 2 aliphatic carbocycles. The summed E-state index contributed by atoms with van der Waals surface area (Å²) in [5.41, 5.74) is 0.0233. The largest absolute Gasteiger partial charge is 0.392 e. The predicted octanol–water partition coefficient (Wildman–Crippen LogP) is 1.42. The van der Waals surface area contributed by atoms with Gasteiger partial charge in [0.25, 0.3) is 0 Å². The van der Waals surface area contributed by atoms with Crippen LogP contribution in [0.2, 0.25) is 0 Å². The van der Waals surface area contributed by atoms with Gasteiger partial charge in [0.05, 0.1) is 19.3 Å². The second kappa shape index (κ2) is 4.44. The Morgan fingerprint density at radius 3 is 2.22 bits per heavy atom. The maximum absolute atomic E-state index is 9.76. The summed E-state index contributed by atoms with van der Waals surface area (Å²) in [4.78, 5) is 0. The molecular formula is C14H25NO3. The third kappa shape index (κ3) is 2.09. The smallest absolute Gasteiger partial charge is 0.168 e. The lowest BCUT2D eigenvalue weighted by Gasteiger charge is -2.51. The number of hydrogen-bond acceptors (Lipinski definition) is 4. The molecule has 2 N–H and O–H groups in total. The van der Waals surface area contributed by atoms with E-state index in [0.29, 0.717) is 12.1 Å². The first-order valence-electron chi connectivity index (χ1n) is 7.24. The van der Waals surface area contributed by atoms with Crippen molar-refractivity contribution >= 4 is 0 Å². The fourth-order valence-corrected chi connectivity index (χ4v) is 3.48. The second-order valence-electron chi connectivity index (χ2n) is 6.67. The Bertz CT molecular complexity index is 302. The van der Waals surface area contributed by atoms with Crippen molar-refractivity contribution in [3.8, 4) is 0 Å². The summed E-state index contributed by atoms with van der Waals surface area (Å²) < 4.78 is 11.5. The van der Waals surface area contributed by atoms with Crippen molar-refractivity contribution in [1.29, 1.82) is 0 Å². The van der Waals surface area contributed by atoms with E-state index in [1.807, 2.05) is 0 Å². The highest BCUT2D eigenvalue weighted by molar-refractivity contribution is 5.03. The molecule has 0 aromatic heterocycles. The van der Waals surface area contributed by atoms with E-state index in [2.05, 4.69) is 19.2 Å². The van der Waals surface area contributed by atoms with Crippen LogP contribution in [0.1, 0.15) is 46.0 Å². The van der Waals surface area contributed by atoms with Crippen LogP contribution in [-0.2, 0) is 9.47 Å². The summed E-state index contributed by atoms with van der Waals surface area (Å²) >= 11 is 0. The zero-order valence-electron chi connectivity index (χ0n) is 11.4. The summed E-state index contributed by atoms with van der Waals surface area (Å²) in [6.45, 7) is 5.79. The molecule has 3 rings (SSSR count). The molecule has 3 aliphatic rings. The van der Waals surface area contributed by atoms with Crippen LogP contribution in [0.4, 0.5) is 0 Å². The molecule has 104 valence electrons. The van der Waals surface area contributed by atoms with Gasteiger partial charge in [-0.3, -0.25) is 0 Å². The van der Waals surface area contributed by atoms with Crippen LogP contribution in [0.25, 0.3) is 0 Å². The molecule has 1 spiro atoms. The van der Waals surface area contributed by atoms with Gasteiger partial charge in [0.15, 0.2) is 5.79 Å². The van der Waals surface area contributed by atoms with Gasteiger partial charge in [-0.25, -0.2) is 0 Å². The topological polar surface area (TPSA) is 50.7 Å². The number of aliphatic hydroxyl groups is 1. The molecule has 1 aliphatic heterocycles. The fourth-order valence-electron chi connectivity index (χ4n) is 3.48. The van der Waals surface area contributed by atoms with Gasteiger partial charge in [-0.1, -0.05) is 13.8 Å². The predicted molar refractivity (Wildman–Crippen MR) is 68.2 cm³/mol. The summed E-state index contributed by atoms with van der Waals surface area (Å²) in [7, 11) is 0. The minimum atomic E-state index is -0.257. The summed E-state index contributed by atoms with van der Waals surface area (Å²) in [5, 5.41) is 13.5. The number of ether oxygens (including phenoxy) is 2. The standard InChI is InChI=1S/C14H25NO3/c1-13(2)11(9-12(13)16)15-10-3-5-14(6-4-10)17-7-8-18-14/h10-12,15-16H,3-9H2,1-2H3. The van der Waals surface area contributed by atoms with Crippen LogP contribution in [0.15, 0.2) is 0 Å². The van der Waals surface area contributed by atoms with Crippen LogP contribution in [0.3, 0.4) is 0 Å². The van der Waals surface area contributed by atoms with Crippen LogP contribution < -0.4 is 5.32 Å². The molecule has 2 saturated carbocycles. The molecular weight excluding hydrogens is 230 g/mol. The van der Waals surface area contributed by atoms with Crippen molar-refractivity contribution in [2.75, 3.05) is 13.2 Å². The Morgan fingerprint density at radius 1 is 1.11 bits per heavy atom. The zero-order chi connectivity index (χ0) is 12.8. The molecule has 2 atom stereocenters. The highest BCUT2D eigenvalue weighted by atomic mass is 16.7. The number of rotatable bonds is 2. The molecule has 2 unspecified atom stereocenters. The zero-order valence-corrected chi connectivity index (χ0v) is 11.4. The van der Waals surface area contributed by atoms with Crippen LogP contribution >= 0.6 is 0 Å². The Morgan fingerprint density at radius 2 is 1.72 bits per heavy atom. The maximum atomic E-state index is 9.76. The molecule has 3 fully saturated rings. The second-order valence-corrected chi connectivity index (χ2v) is 6.67. The van der Waals surface area contributed by atoms with Gasteiger partial charge < -0.3 is 19.9 Å². The maximum Gasteiger partial charge on any atom is 0.168 e. The quantitative estimate of drug-likeness (QED) is 0.783. The summed E-state index contributed by atoms with van der Waals surface area (Å²) in [5.74, 6) is -0.257. The lowest BCUT2D eigenvalue weighted by molar-refractivity contribution is -0.181. The van der Waals surface area contributed by atoms with E-state index in [0.717, 1.165) is 45.3 Å². The molecule has 0 amide bonds. The third-order valence-electron chi connectivity index (χ3n) is 5.21. The third-order valence-corrected chi connectivity index (χ3v) is 5.21. The number of nitrogens with one attached hydrogen (secondary N) is 1. The molecule has 4 nitrogen and oxygen atoms in total. The van der Waals surface area contributed by atoms with E-state index in [4.69, 9.17) is 9.47 Å². The lowest BCUT2D eigenvalue weighted by atomic mass is 9.64. The van der Waals surface area contributed by atoms with Crippen molar-refractivity contribution in [2.24, 2.45) is 5.41 Å². The average molecular weight is 255 g/mol. The van der Waals surface area contributed by atoms with Gasteiger partial charge in [-0.05, 0) is 19.3 Å². The fraction of sp³-hybridized carbons (Fsp3) is 1.00. The highest BCUT2D eigenvalue weighted by Gasteiger charge is 2.48. The Labute approximate surface area is 109 Å². The summed E-state index contributed by atoms with van der Waals surface area (Å²) in [6.07, 6.45) is 4.97. The first kappa shape index (κ1) is 12.9. The van der Waals surface area contributed by atoms with Crippen molar-refractivity contribution in [1.82, 2.24) is 5.32 Å². The van der Waals surface area contributed by atoms with Crippen molar-refractivity contribution in [3.63, 3.8) is 0 Å². The van der Waals surface area contributed by atoms with Gasteiger partial charge in [-0.15, -0.1) is 0 Å². The number of aliphatic hydroxyl groups excluding tert-OH is 1. The molecule has 4 heteroatoms. The van der Waals surface area contributed by atoms with Gasteiger partial charge in [0, 0.05) is 30.3 Å². The SMILES string of the molecule is CC1(C)C(O)CC1NC1CCC2(CC1)OCCO2. The average Bonchev–Trinajstić information content (AvgIpc) is 2.80. The van der Waals surface area contributed by atoms with E-state index >= 15 is 0 Å². The molecule has 0 aromatic rings. The minimum Gasteiger partial charge on any atom is -0.392 e. The lowest BCUT2D eigenvalue weighted by Crippen LogP contribution is -2.62. The van der Waals surface area contributed by atoms with Gasteiger partial charge in [0.2, 0.25) is 0 Å². The normalized spacial score (nSPS) is 38.8. The van der Waals surface area contributed by atoms with Gasteiger partial charge >= 0.3 is 0 Å². The molecule has 0 aromatic carbocycles. The van der Waals surface area contributed by atoms with Crippen molar-refractivity contribution < 1.29 is 14.6 Å². The molecule has 1 heterocycles. The molecule has 0 bridgehead atoms. The van der Waals surface area contributed by atoms with Crippen LogP contribution in [0.5, 0.6) is 0 Å². The minimum absolute atomic E-state index is 0.0233. The Kier molecular flexibility index (Phi) is 3.17. The van der Waals surface area contributed by atoms with E-state index in [-0.39, 0.29) is 17.3 Å². The first-order chi connectivity index (χ1) is 8.52. The van der Waals surface area contributed by atoms with Crippen LogP contribution in [-0.4, -0.2) is 42.3 Å². The summed E-state index contributed by atoms with van der Waals surface area (Å²) in [6, 6.07) is 1.01. The van der Waals surface area contributed by atoms with Gasteiger partial charge in [0.1, 0.15) is 0 Å². The van der Waals surface area contributed by atoms with Crippen molar-refractivity contribution in [2.45, 2.75) is 69.9 Å². The van der Waals surface area contributed by atoms with E-state index in [1.54, 1.807) is 0 Å². The highest BCUT2D eigenvalue weighted by Crippen LogP contribution is 2.42. The first-order valence-corrected chi connectivity index (χ1v) is 7.24. The molecule has 1 saturated heterocycles.